The highest BCUT2D eigenvalue weighted by Gasteiger charge is 2.06. The third kappa shape index (κ3) is 2.82. The van der Waals surface area contributed by atoms with Crippen molar-refractivity contribution in [3.05, 3.63) is 54.0 Å². The second kappa shape index (κ2) is 5.27. The lowest BCUT2D eigenvalue weighted by molar-refractivity contribution is 0.102. The first-order chi connectivity index (χ1) is 8.69. The van der Waals surface area contributed by atoms with Crippen LogP contribution in [0.5, 0.6) is 0 Å². The molecule has 0 atom stereocenters. The van der Waals surface area contributed by atoms with Crippen LogP contribution in [0.3, 0.4) is 0 Å². The third-order valence-electron chi connectivity index (χ3n) is 2.38. The number of carbonyl (C=O) groups is 1. The summed E-state index contributed by atoms with van der Waals surface area (Å²) < 4.78 is 12.7. The van der Waals surface area contributed by atoms with Gasteiger partial charge in [-0.15, -0.1) is 0 Å². The summed E-state index contributed by atoms with van der Waals surface area (Å²) in [6.07, 6.45) is 1.55. The van der Waals surface area contributed by atoms with E-state index < -0.39 is 0 Å². The van der Waals surface area contributed by atoms with E-state index >= 15 is 0 Å². The number of amides is 1. The SMILES string of the molecule is CNc1cc(C(=O)Nc2ccc(F)cc2)ccn1. The van der Waals surface area contributed by atoms with E-state index in [4.69, 9.17) is 0 Å². The largest absolute Gasteiger partial charge is 0.373 e. The van der Waals surface area contributed by atoms with E-state index in [0.717, 1.165) is 0 Å². The summed E-state index contributed by atoms with van der Waals surface area (Å²) in [5.41, 5.74) is 1.03. The van der Waals surface area contributed by atoms with Gasteiger partial charge in [-0.25, -0.2) is 9.37 Å². The maximum absolute atomic E-state index is 12.7. The van der Waals surface area contributed by atoms with E-state index in [1.165, 1.54) is 24.3 Å². The molecule has 1 aromatic heterocycles. The topological polar surface area (TPSA) is 54.0 Å². The van der Waals surface area contributed by atoms with E-state index in [9.17, 15) is 9.18 Å². The van der Waals surface area contributed by atoms with Crippen LogP contribution in [0.25, 0.3) is 0 Å². The molecule has 0 saturated carbocycles. The molecule has 0 unspecified atom stereocenters. The Morgan fingerprint density at radius 3 is 2.61 bits per heavy atom. The molecule has 2 aromatic rings. The zero-order valence-electron chi connectivity index (χ0n) is 9.77. The number of nitrogens with zero attached hydrogens (tertiary/aromatic N) is 1. The lowest BCUT2D eigenvalue weighted by Gasteiger charge is -2.06. The predicted molar refractivity (Wildman–Crippen MR) is 68.1 cm³/mol. The molecule has 4 nitrogen and oxygen atoms in total. The fraction of sp³-hybridized carbons (Fsp3) is 0.0769. The highest BCUT2D eigenvalue weighted by molar-refractivity contribution is 6.04. The third-order valence-corrected chi connectivity index (χ3v) is 2.38. The quantitative estimate of drug-likeness (QED) is 0.873. The van der Waals surface area contributed by atoms with Crippen LogP contribution in [-0.4, -0.2) is 17.9 Å². The number of rotatable bonds is 3. The number of anilines is 2. The number of nitrogens with one attached hydrogen (secondary N) is 2. The minimum atomic E-state index is -0.339. The Balaban J connectivity index is 2.14. The van der Waals surface area contributed by atoms with Crippen molar-refractivity contribution in [2.45, 2.75) is 0 Å². The van der Waals surface area contributed by atoms with Crippen LogP contribution < -0.4 is 10.6 Å². The first kappa shape index (κ1) is 12.0. The van der Waals surface area contributed by atoms with Gasteiger partial charge in [0, 0.05) is 24.5 Å². The summed E-state index contributed by atoms with van der Waals surface area (Å²) in [7, 11) is 1.73. The van der Waals surface area contributed by atoms with Crippen LogP contribution in [0.15, 0.2) is 42.6 Å². The number of aromatic nitrogens is 1. The second-order valence-corrected chi connectivity index (χ2v) is 3.64. The van der Waals surface area contributed by atoms with Crippen molar-refractivity contribution in [3.8, 4) is 0 Å². The number of hydrogen-bond donors (Lipinski definition) is 2. The normalized spacial score (nSPS) is 9.89. The number of hydrogen-bond acceptors (Lipinski definition) is 3. The van der Waals surface area contributed by atoms with Gasteiger partial charge in [0.05, 0.1) is 0 Å². The molecule has 1 aromatic carbocycles. The van der Waals surface area contributed by atoms with Crippen molar-refractivity contribution < 1.29 is 9.18 Å². The molecule has 18 heavy (non-hydrogen) atoms. The van der Waals surface area contributed by atoms with Crippen molar-refractivity contribution in [3.63, 3.8) is 0 Å². The molecular formula is C13H12FN3O. The van der Waals surface area contributed by atoms with Gasteiger partial charge in [0.2, 0.25) is 0 Å². The zero-order chi connectivity index (χ0) is 13.0. The molecule has 0 spiro atoms. The van der Waals surface area contributed by atoms with Crippen LogP contribution in [0.1, 0.15) is 10.4 Å². The summed E-state index contributed by atoms with van der Waals surface area (Å²) in [4.78, 5) is 15.9. The minimum absolute atomic E-state index is 0.263. The van der Waals surface area contributed by atoms with E-state index in [0.29, 0.717) is 17.1 Å². The number of halogens is 1. The van der Waals surface area contributed by atoms with Crippen molar-refractivity contribution in [2.75, 3.05) is 17.7 Å². The molecule has 1 amide bonds. The summed E-state index contributed by atoms with van der Waals surface area (Å²) in [6.45, 7) is 0. The van der Waals surface area contributed by atoms with Crippen molar-refractivity contribution in [1.82, 2.24) is 4.98 Å². The monoisotopic (exact) mass is 245 g/mol. The predicted octanol–water partition coefficient (Wildman–Crippen LogP) is 2.51. The van der Waals surface area contributed by atoms with Crippen LogP contribution in [0.4, 0.5) is 15.9 Å². The van der Waals surface area contributed by atoms with Crippen LogP contribution in [0, 0.1) is 5.82 Å². The molecule has 5 heteroatoms. The van der Waals surface area contributed by atoms with Crippen LogP contribution in [-0.2, 0) is 0 Å². The van der Waals surface area contributed by atoms with E-state index in [-0.39, 0.29) is 11.7 Å². The Hall–Kier alpha value is -2.43. The summed E-state index contributed by atoms with van der Waals surface area (Å²) in [5, 5.41) is 5.53. The first-order valence-electron chi connectivity index (χ1n) is 5.40. The molecule has 0 saturated heterocycles. The van der Waals surface area contributed by atoms with Gasteiger partial charge in [0.1, 0.15) is 11.6 Å². The average Bonchev–Trinajstić information content (AvgIpc) is 2.41. The maximum Gasteiger partial charge on any atom is 0.255 e. The zero-order valence-corrected chi connectivity index (χ0v) is 9.77. The van der Waals surface area contributed by atoms with E-state index in [1.54, 1.807) is 25.4 Å². The van der Waals surface area contributed by atoms with Gasteiger partial charge in [-0.3, -0.25) is 4.79 Å². The molecule has 0 bridgehead atoms. The Morgan fingerprint density at radius 1 is 1.22 bits per heavy atom. The van der Waals surface area contributed by atoms with Crippen molar-refractivity contribution >= 4 is 17.4 Å². The number of carbonyl (C=O) groups excluding carboxylic acids is 1. The molecule has 0 aliphatic rings. The standard InChI is InChI=1S/C13H12FN3O/c1-15-12-8-9(6-7-16-12)13(18)17-11-4-2-10(14)3-5-11/h2-8H,1H3,(H,15,16)(H,17,18). The maximum atomic E-state index is 12.7. The van der Waals surface area contributed by atoms with Crippen LogP contribution >= 0.6 is 0 Å². The molecule has 0 fully saturated rings. The average molecular weight is 245 g/mol. The van der Waals surface area contributed by atoms with E-state index in [1.807, 2.05) is 0 Å². The summed E-state index contributed by atoms with van der Waals surface area (Å²) in [5.74, 6) is 0.0108. The fourth-order valence-corrected chi connectivity index (χ4v) is 1.44. The smallest absolute Gasteiger partial charge is 0.255 e. The molecule has 92 valence electrons. The van der Waals surface area contributed by atoms with E-state index in [2.05, 4.69) is 15.6 Å². The lowest BCUT2D eigenvalue weighted by Crippen LogP contribution is -2.12. The highest BCUT2D eigenvalue weighted by atomic mass is 19.1. The molecule has 0 aliphatic heterocycles. The summed E-state index contributed by atoms with van der Waals surface area (Å²) >= 11 is 0. The Bertz CT molecular complexity index is 554. The number of pyridine rings is 1. The van der Waals surface area contributed by atoms with Gasteiger partial charge in [0.15, 0.2) is 0 Å². The van der Waals surface area contributed by atoms with Gasteiger partial charge in [-0.1, -0.05) is 0 Å². The fourth-order valence-electron chi connectivity index (χ4n) is 1.44. The van der Waals surface area contributed by atoms with Gasteiger partial charge in [-0.2, -0.15) is 0 Å². The lowest BCUT2D eigenvalue weighted by atomic mass is 10.2. The molecule has 0 aliphatic carbocycles. The Labute approximate surface area is 104 Å². The van der Waals surface area contributed by atoms with Gasteiger partial charge >= 0.3 is 0 Å². The van der Waals surface area contributed by atoms with Gasteiger partial charge in [-0.05, 0) is 36.4 Å². The van der Waals surface area contributed by atoms with Gasteiger partial charge < -0.3 is 10.6 Å². The second-order valence-electron chi connectivity index (χ2n) is 3.64. The Kier molecular flexibility index (Phi) is 3.52. The first-order valence-corrected chi connectivity index (χ1v) is 5.40. The Morgan fingerprint density at radius 2 is 1.94 bits per heavy atom. The number of benzene rings is 1. The molecular weight excluding hydrogens is 233 g/mol. The molecule has 0 radical (unpaired) electrons. The summed E-state index contributed by atoms with van der Waals surface area (Å²) in [6, 6.07) is 8.85. The minimum Gasteiger partial charge on any atom is -0.373 e. The molecule has 2 rings (SSSR count). The van der Waals surface area contributed by atoms with Gasteiger partial charge in [0.25, 0.3) is 5.91 Å². The molecule has 2 N–H and O–H groups in total. The highest BCUT2D eigenvalue weighted by Crippen LogP contribution is 2.12. The van der Waals surface area contributed by atoms with Crippen molar-refractivity contribution in [2.24, 2.45) is 0 Å². The van der Waals surface area contributed by atoms with Crippen molar-refractivity contribution in [1.29, 1.82) is 0 Å². The molecule has 1 heterocycles. The van der Waals surface area contributed by atoms with Crippen LogP contribution in [0.2, 0.25) is 0 Å².